The van der Waals surface area contributed by atoms with Crippen LogP contribution in [0.15, 0.2) is 46.2 Å². The SMILES string of the molecule is COC(=O)c1ccc(COC(=O)Cc2csc(-c3ccc(Cl)cc3)n2)o1. The molecule has 26 heavy (non-hydrogen) atoms. The van der Waals surface area contributed by atoms with Crippen LogP contribution in [0.3, 0.4) is 0 Å². The molecule has 8 heteroatoms. The number of aromatic nitrogens is 1. The van der Waals surface area contributed by atoms with Crippen molar-refractivity contribution in [1.82, 2.24) is 4.98 Å². The third-order valence-corrected chi connectivity index (χ3v) is 4.58. The molecule has 1 aromatic carbocycles. The predicted octanol–water partition coefficient (Wildman–Crippen LogP) is 4.13. The average molecular weight is 392 g/mol. The predicted molar refractivity (Wildman–Crippen MR) is 96.1 cm³/mol. The highest BCUT2D eigenvalue weighted by atomic mass is 35.5. The van der Waals surface area contributed by atoms with Gasteiger partial charge in [-0.2, -0.15) is 0 Å². The van der Waals surface area contributed by atoms with Crippen LogP contribution < -0.4 is 0 Å². The molecule has 6 nitrogen and oxygen atoms in total. The van der Waals surface area contributed by atoms with Crippen molar-refractivity contribution in [2.24, 2.45) is 0 Å². The molecule has 0 amide bonds. The first-order valence-corrected chi connectivity index (χ1v) is 8.84. The summed E-state index contributed by atoms with van der Waals surface area (Å²) < 4.78 is 14.9. The van der Waals surface area contributed by atoms with Crippen LogP contribution in [0.25, 0.3) is 10.6 Å². The molecule has 0 unspecified atom stereocenters. The standard InChI is InChI=1S/C18H14ClNO5S/c1-23-18(22)15-7-6-14(25-15)9-24-16(21)8-13-10-26-17(20-13)11-2-4-12(19)5-3-11/h2-7,10H,8-9H2,1H3. The number of nitrogens with zero attached hydrogens (tertiary/aromatic N) is 1. The molecule has 0 N–H and O–H groups in total. The number of ether oxygens (including phenoxy) is 2. The van der Waals surface area contributed by atoms with E-state index in [0.717, 1.165) is 10.6 Å². The number of hydrogen-bond donors (Lipinski definition) is 0. The van der Waals surface area contributed by atoms with E-state index in [2.05, 4.69) is 9.72 Å². The van der Waals surface area contributed by atoms with Crippen LogP contribution in [0.4, 0.5) is 0 Å². The maximum atomic E-state index is 12.0. The van der Waals surface area contributed by atoms with E-state index >= 15 is 0 Å². The Morgan fingerprint density at radius 2 is 1.96 bits per heavy atom. The number of rotatable bonds is 6. The first kappa shape index (κ1) is 18.2. The molecule has 2 aromatic heterocycles. The van der Waals surface area contributed by atoms with Gasteiger partial charge in [-0.05, 0) is 24.3 Å². The Morgan fingerprint density at radius 3 is 2.69 bits per heavy atom. The van der Waals surface area contributed by atoms with Crippen molar-refractivity contribution in [3.05, 3.63) is 64.0 Å². The zero-order chi connectivity index (χ0) is 18.5. The summed E-state index contributed by atoms with van der Waals surface area (Å²) in [6, 6.07) is 10.4. The number of carbonyl (C=O) groups excluding carboxylic acids is 2. The van der Waals surface area contributed by atoms with Crippen LogP contribution in [-0.2, 0) is 27.3 Å². The van der Waals surface area contributed by atoms with Gasteiger partial charge in [-0.25, -0.2) is 9.78 Å². The highest BCUT2D eigenvalue weighted by molar-refractivity contribution is 7.13. The summed E-state index contributed by atoms with van der Waals surface area (Å²) in [5.74, 6) is -0.599. The van der Waals surface area contributed by atoms with Gasteiger partial charge < -0.3 is 13.9 Å². The maximum Gasteiger partial charge on any atom is 0.373 e. The summed E-state index contributed by atoms with van der Waals surface area (Å²) in [4.78, 5) is 27.7. The highest BCUT2D eigenvalue weighted by Crippen LogP contribution is 2.25. The van der Waals surface area contributed by atoms with Crippen LogP contribution in [0, 0.1) is 0 Å². The van der Waals surface area contributed by atoms with Crippen LogP contribution in [-0.4, -0.2) is 24.0 Å². The van der Waals surface area contributed by atoms with E-state index in [9.17, 15) is 9.59 Å². The molecule has 0 radical (unpaired) electrons. The van der Waals surface area contributed by atoms with Crippen molar-refractivity contribution in [3.63, 3.8) is 0 Å². The number of hydrogen-bond acceptors (Lipinski definition) is 7. The molecule has 0 aliphatic carbocycles. The molecule has 0 saturated carbocycles. The molecular weight excluding hydrogens is 378 g/mol. The molecule has 0 aliphatic rings. The Balaban J connectivity index is 1.54. The Hall–Kier alpha value is -2.64. The van der Waals surface area contributed by atoms with Gasteiger partial charge in [-0.1, -0.05) is 23.7 Å². The molecule has 0 saturated heterocycles. The topological polar surface area (TPSA) is 78.6 Å². The quantitative estimate of drug-likeness (QED) is 0.588. The van der Waals surface area contributed by atoms with Crippen molar-refractivity contribution in [2.45, 2.75) is 13.0 Å². The monoisotopic (exact) mass is 391 g/mol. The van der Waals surface area contributed by atoms with E-state index in [4.69, 9.17) is 20.8 Å². The zero-order valence-corrected chi connectivity index (χ0v) is 15.3. The molecule has 0 spiro atoms. The molecule has 0 atom stereocenters. The number of thiazole rings is 1. The van der Waals surface area contributed by atoms with Gasteiger partial charge >= 0.3 is 11.9 Å². The summed E-state index contributed by atoms with van der Waals surface area (Å²) in [6.07, 6.45) is 0.0503. The number of methoxy groups -OCH3 is 1. The second-order valence-electron chi connectivity index (χ2n) is 5.25. The van der Waals surface area contributed by atoms with Gasteiger partial charge in [0.05, 0.1) is 19.2 Å². The Labute approximate surface area is 158 Å². The fourth-order valence-electron chi connectivity index (χ4n) is 2.13. The van der Waals surface area contributed by atoms with Crippen LogP contribution in [0.1, 0.15) is 22.0 Å². The fourth-order valence-corrected chi connectivity index (χ4v) is 3.08. The molecule has 3 rings (SSSR count). The molecule has 134 valence electrons. The van der Waals surface area contributed by atoms with E-state index in [0.29, 0.717) is 16.5 Å². The van der Waals surface area contributed by atoms with Gasteiger partial charge in [-0.15, -0.1) is 11.3 Å². The van der Waals surface area contributed by atoms with E-state index in [1.165, 1.54) is 24.5 Å². The van der Waals surface area contributed by atoms with Crippen LogP contribution in [0.5, 0.6) is 0 Å². The van der Waals surface area contributed by atoms with Crippen molar-refractivity contribution < 1.29 is 23.5 Å². The van der Waals surface area contributed by atoms with Crippen LogP contribution in [0.2, 0.25) is 5.02 Å². The fraction of sp³-hybridized carbons (Fsp3) is 0.167. The third kappa shape index (κ3) is 4.50. The summed E-state index contributed by atoms with van der Waals surface area (Å²) in [7, 11) is 1.26. The van der Waals surface area contributed by atoms with E-state index in [1.807, 2.05) is 17.5 Å². The largest absolute Gasteiger partial charge is 0.463 e. The minimum absolute atomic E-state index is 0.0503. The van der Waals surface area contributed by atoms with Gasteiger partial charge in [0.1, 0.15) is 17.4 Å². The first-order valence-electron chi connectivity index (χ1n) is 7.58. The van der Waals surface area contributed by atoms with E-state index < -0.39 is 11.9 Å². The minimum Gasteiger partial charge on any atom is -0.463 e. The molecule has 0 aliphatic heterocycles. The minimum atomic E-state index is -0.584. The molecular formula is C18H14ClNO5S. The van der Waals surface area contributed by atoms with Crippen molar-refractivity contribution >= 4 is 34.9 Å². The van der Waals surface area contributed by atoms with Gasteiger partial charge in [-0.3, -0.25) is 4.79 Å². The number of esters is 2. The van der Waals surface area contributed by atoms with Gasteiger partial charge in [0.15, 0.2) is 0 Å². The number of halogens is 1. The normalized spacial score (nSPS) is 10.5. The molecule has 0 bridgehead atoms. The third-order valence-electron chi connectivity index (χ3n) is 3.39. The summed E-state index contributed by atoms with van der Waals surface area (Å²) >= 11 is 7.32. The smallest absolute Gasteiger partial charge is 0.373 e. The lowest BCUT2D eigenvalue weighted by Gasteiger charge is -2.01. The average Bonchev–Trinajstić information content (AvgIpc) is 3.29. The number of furan rings is 1. The maximum absolute atomic E-state index is 12.0. The Morgan fingerprint density at radius 1 is 1.19 bits per heavy atom. The molecule has 2 heterocycles. The van der Waals surface area contributed by atoms with Gasteiger partial charge in [0.25, 0.3) is 0 Å². The summed E-state index contributed by atoms with van der Waals surface area (Å²) in [6.45, 7) is -0.0655. The summed E-state index contributed by atoms with van der Waals surface area (Å²) in [5, 5.41) is 3.27. The lowest BCUT2D eigenvalue weighted by atomic mass is 10.2. The Bertz CT molecular complexity index is 916. The lowest BCUT2D eigenvalue weighted by Crippen LogP contribution is -2.08. The second-order valence-corrected chi connectivity index (χ2v) is 6.54. The van der Waals surface area contributed by atoms with Gasteiger partial charge in [0, 0.05) is 16.0 Å². The van der Waals surface area contributed by atoms with Gasteiger partial charge in [0.2, 0.25) is 5.76 Å². The van der Waals surface area contributed by atoms with Crippen molar-refractivity contribution in [1.29, 1.82) is 0 Å². The summed E-state index contributed by atoms with van der Waals surface area (Å²) in [5.41, 5.74) is 1.56. The highest BCUT2D eigenvalue weighted by Gasteiger charge is 2.14. The lowest BCUT2D eigenvalue weighted by molar-refractivity contribution is -0.144. The van der Waals surface area contributed by atoms with Crippen LogP contribution >= 0.6 is 22.9 Å². The second kappa shape index (κ2) is 8.16. The van der Waals surface area contributed by atoms with E-state index in [-0.39, 0.29) is 18.8 Å². The first-order chi connectivity index (χ1) is 12.5. The molecule has 0 fully saturated rings. The number of carbonyl (C=O) groups is 2. The zero-order valence-electron chi connectivity index (χ0n) is 13.7. The Kier molecular flexibility index (Phi) is 5.70. The number of benzene rings is 1. The van der Waals surface area contributed by atoms with E-state index in [1.54, 1.807) is 18.2 Å². The van der Waals surface area contributed by atoms with Crippen molar-refractivity contribution in [3.8, 4) is 10.6 Å². The molecule has 3 aromatic rings. The van der Waals surface area contributed by atoms with Crippen molar-refractivity contribution in [2.75, 3.05) is 7.11 Å².